The zero-order valence-electron chi connectivity index (χ0n) is 18.7. The maximum atomic E-state index is 13.6. The third-order valence-corrected chi connectivity index (χ3v) is 7.13. The van der Waals surface area contributed by atoms with Crippen molar-refractivity contribution in [2.24, 2.45) is 0 Å². The lowest BCUT2D eigenvalue weighted by atomic mass is 10.00. The fourth-order valence-electron chi connectivity index (χ4n) is 4.09. The lowest BCUT2D eigenvalue weighted by molar-refractivity contribution is 0.0990. The molecule has 0 saturated carbocycles. The lowest BCUT2D eigenvalue weighted by Crippen LogP contribution is -2.41. The summed E-state index contributed by atoms with van der Waals surface area (Å²) < 4.78 is 1.38. The highest BCUT2D eigenvalue weighted by Gasteiger charge is 2.27. The molecule has 0 radical (unpaired) electrons. The van der Waals surface area contributed by atoms with Crippen LogP contribution >= 0.6 is 11.3 Å². The molecule has 2 aromatic rings. The van der Waals surface area contributed by atoms with E-state index < -0.39 is 11.2 Å². The van der Waals surface area contributed by atoms with E-state index in [1.165, 1.54) is 32.7 Å². The molecule has 170 valence electrons. The molecule has 0 saturated heterocycles. The average molecular weight is 447 g/mol. The Bertz CT molecular complexity index is 995. The quantitative estimate of drug-likeness (QED) is 0.638. The van der Waals surface area contributed by atoms with Crippen molar-refractivity contribution in [3.8, 4) is 0 Å². The van der Waals surface area contributed by atoms with E-state index >= 15 is 0 Å². The first-order valence-electron chi connectivity index (χ1n) is 11.5. The highest BCUT2D eigenvalue weighted by Crippen LogP contribution is 2.30. The molecule has 1 aliphatic carbocycles. The van der Waals surface area contributed by atoms with E-state index in [0.717, 1.165) is 51.4 Å². The molecular formula is C23H34N4O3S. The maximum Gasteiger partial charge on any atom is 0.330 e. The number of hydrogen-bond donors (Lipinski definition) is 2. The third-order valence-electron chi connectivity index (χ3n) is 5.91. The van der Waals surface area contributed by atoms with Crippen LogP contribution in [-0.4, -0.2) is 22.0 Å². The van der Waals surface area contributed by atoms with Gasteiger partial charge in [0.15, 0.2) is 5.69 Å². The third kappa shape index (κ3) is 5.29. The standard InChI is InChI=1S/C23H34N4O3S/c1-3-5-13-26(19-20(24)27(14-6-4-2)23(30)25-21(19)28)22(29)18-15-16-11-9-7-8-10-12-17(16)31-18/h15H,3-14,24H2,1-2H3,(H,25,28,30). The normalized spacial score (nSPS) is 14.0. The van der Waals surface area contributed by atoms with Crippen LogP contribution in [0.2, 0.25) is 0 Å². The summed E-state index contributed by atoms with van der Waals surface area (Å²) in [5, 5.41) is 0. The van der Waals surface area contributed by atoms with Gasteiger partial charge in [-0.05, 0) is 50.2 Å². The lowest BCUT2D eigenvalue weighted by Gasteiger charge is -2.24. The zero-order valence-corrected chi connectivity index (χ0v) is 19.5. The fraction of sp³-hybridized carbons (Fsp3) is 0.609. The van der Waals surface area contributed by atoms with Crippen LogP contribution in [0.5, 0.6) is 0 Å². The number of nitrogen functional groups attached to an aromatic ring is 1. The average Bonchev–Trinajstić information content (AvgIpc) is 3.11. The smallest absolute Gasteiger partial charge is 0.330 e. The SMILES string of the molecule is CCCCN(C(=O)c1cc2c(s1)CCCCCC2)c1c(N)n(CCCC)c(=O)[nH]c1=O. The van der Waals surface area contributed by atoms with Crippen molar-refractivity contribution >= 4 is 28.7 Å². The number of amides is 1. The first-order valence-corrected chi connectivity index (χ1v) is 12.4. The van der Waals surface area contributed by atoms with Gasteiger partial charge in [0, 0.05) is 18.0 Å². The minimum atomic E-state index is -0.602. The number of nitrogens with zero attached hydrogens (tertiary/aromatic N) is 2. The van der Waals surface area contributed by atoms with E-state index in [0.29, 0.717) is 18.0 Å². The van der Waals surface area contributed by atoms with Crippen molar-refractivity contribution in [3.05, 3.63) is 42.2 Å². The minimum absolute atomic E-state index is 0.0709. The Kier molecular flexibility index (Phi) is 8.12. The molecule has 3 rings (SSSR count). The minimum Gasteiger partial charge on any atom is -0.383 e. The molecule has 0 aromatic carbocycles. The number of hydrogen-bond acceptors (Lipinski definition) is 5. The van der Waals surface area contributed by atoms with E-state index in [-0.39, 0.29) is 17.4 Å². The monoisotopic (exact) mass is 446 g/mol. The summed E-state index contributed by atoms with van der Waals surface area (Å²) in [4.78, 5) is 44.5. The van der Waals surface area contributed by atoms with Crippen molar-refractivity contribution in [2.45, 2.75) is 84.6 Å². The molecule has 2 heterocycles. The van der Waals surface area contributed by atoms with Gasteiger partial charge < -0.3 is 5.73 Å². The van der Waals surface area contributed by atoms with Crippen molar-refractivity contribution in [1.82, 2.24) is 9.55 Å². The second-order valence-electron chi connectivity index (χ2n) is 8.28. The van der Waals surface area contributed by atoms with Gasteiger partial charge in [-0.2, -0.15) is 0 Å². The zero-order chi connectivity index (χ0) is 22.4. The number of nitrogens with two attached hydrogens (primary N) is 1. The number of aromatic nitrogens is 2. The fourth-order valence-corrected chi connectivity index (χ4v) is 5.29. The Morgan fingerprint density at radius 3 is 2.55 bits per heavy atom. The molecule has 8 heteroatoms. The van der Waals surface area contributed by atoms with Crippen LogP contribution in [0.25, 0.3) is 0 Å². The Labute approximate surface area is 187 Å². The summed E-state index contributed by atoms with van der Waals surface area (Å²) in [6.45, 7) is 4.86. The number of thiophene rings is 1. The number of fused-ring (bicyclic) bond motifs is 1. The molecule has 7 nitrogen and oxygen atoms in total. The summed E-state index contributed by atoms with van der Waals surface area (Å²) in [6, 6.07) is 2.00. The summed E-state index contributed by atoms with van der Waals surface area (Å²) in [7, 11) is 0. The van der Waals surface area contributed by atoms with Gasteiger partial charge in [0.25, 0.3) is 11.5 Å². The Morgan fingerprint density at radius 2 is 1.84 bits per heavy atom. The second-order valence-corrected chi connectivity index (χ2v) is 9.42. The number of rotatable bonds is 8. The van der Waals surface area contributed by atoms with Crippen LogP contribution in [0.15, 0.2) is 15.7 Å². The van der Waals surface area contributed by atoms with Gasteiger partial charge in [-0.1, -0.05) is 39.5 Å². The van der Waals surface area contributed by atoms with Crippen molar-refractivity contribution < 1.29 is 4.79 Å². The van der Waals surface area contributed by atoms with Gasteiger partial charge >= 0.3 is 5.69 Å². The van der Waals surface area contributed by atoms with Crippen molar-refractivity contribution in [2.75, 3.05) is 17.2 Å². The topological polar surface area (TPSA) is 101 Å². The van der Waals surface area contributed by atoms with Gasteiger partial charge in [0.1, 0.15) is 5.82 Å². The van der Waals surface area contributed by atoms with E-state index in [1.54, 1.807) is 11.3 Å². The first-order chi connectivity index (χ1) is 15.0. The number of anilines is 2. The molecule has 0 bridgehead atoms. The van der Waals surface area contributed by atoms with Crippen molar-refractivity contribution in [3.63, 3.8) is 0 Å². The molecule has 0 fully saturated rings. The predicted molar refractivity (Wildman–Crippen MR) is 127 cm³/mol. The molecule has 0 spiro atoms. The highest BCUT2D eigenvalue weighted by molar-refractivity contribution is 7.14. The number of aromatic amines is 1. The Morgan fingerprint density at radius 1 is 1.13 bits per heavy atom. The number of H-pyrrole nitrogens is 1. The number of unbranched alkanes of at least 4 members (excludes halogenated alkanes) is 2. The van der Waals surface area contributed by atoms with Gasteiger partial charge in [-0.25, -0.2) is 4.79 Å². The Hall–Kier alpha value is -2.35. The highest BCUT2D eigenvalue weighted by atomic mass is 32.1. The molecule has 2 aromatic heterocycles. The largest absolute Gasteiger partial charge is 0.383 e. The van der Waals surface area contributed by atoms with Crippen LogP contribution in [-0.2, 0) is 19.4 Å². The molecule has 0 aliphatic heterocycles. The summed E-state index contributed by atoms with van der Waals surface area (Å²) >= 11 is 1.54. The molecule has 3 N–H and O–H groups in total. The van der Waals surface area contributed by atoms with E-state index in [9.17, 15) is 14.4 Å². The molecule has 31 heavy (non-hydrogen) atoms. The van der Waals surface area contributed by atoms with Crippen LogP contribution in [0.1, 0.15) is 85.3 Å². The number of carbonyl (C=O) groups excluding carboxylic acids is 1. The summed E-state index contributed by atoms with van der Waals surface area (Å²) in [6.07, 6.45) is 10.0. The molecule has 1 aliphatic rings. The van der Waals surface area contributed by atoms with Crippen LogP contribution in [0.4, 0.5) is 11.5 Å². The molecular weight excluding hydrogens is 412 g/mol. The predicted octanol–water partition coefficient (Wildman–Crippen LogP) is 4.09. The molecule has 1 amide bonds. The molecule has 0 unspecified atom stereocenters. The van der Waals surface area contributed by atoms with Gasteiger partial charge in [0.05, 0.1) is 4.88 Å². The van der Waals surface area contributed by atoms with Crippen molar-refractivity contribution in [1.29, 1.82) is 0 Å². The van der Waals surface area contributed by atoms with Gasteiger partial charge in [-0.15, -0.1) is 11.3 Å². The number of nitrogens with one attached hydrogen (secondary N) is 1. The summed E-state index contributed by atoms with van der Waals surface area (Å²) in [5.74, 6) is -0.135. The number of aryl methyl sites for hydroxylation is 2. The first kappa shape index (κ1) is 23.3. The second kappa shape index (κ2) is 10.8. The van der Waals surface area contributed by atoms with Gasteiger partial charge in [0.2, 0.25) is 0 Å². The van der Waals surface area contributed by atoms with E-state index in [2.05, 4.69) is 4.98 Å². The number of carbonyl (C=O) groups is 1. The van der Waals surface area contributed by atoms with Crippen LogP contribution in [0.3, 0.4) is 0 Å². The van der Waals surface area contributed by atoms with Crippen LogP contribution in [0, 0.1) is 0 Å². The van der Waals surface area contributed by atoms with E-state index in [4.69, 9.17) is 5.73 Å². The molecule has 0 atom stereocenters. The van der Waals surface area contributed by atoms with E-state index in [1.807, 2.05) is 19.9 Å². The Balaban J connectivity index is 2.03. The van der Waals surface area contributed by atoms with Crippen LogP contribution < -0.4 is 21.9 Å². The summed E-state index contributed by atoms with van der Waals surface area (Å²) in [5.41, 5.74) is 6.53. The maximum absolute atomic E-state index is 13.6. The van der Waals surface area contributed by atoms with Gasteiger partial charge in [-0.3, -0.25) is 24.0 Å².